The van der Waals surface area contributed by atoms with Crippen molar-refractivity contribution in [3.63, 3.8) is 0 Å². The van der Waals surface area contributed by atoms with Crippen molar-refractivity contribution < 1.29 is 4.79 Å². The molecule has 3 saturated heterocycles. The molecule has 1 aromatic rings. The van der Waals surface area contributed by atoms with Crippen LogP contribution in [0.25, 0.3) is 0 Å². The quantitative estimate of drug-likeness (QED) is 0.750. The summed E-state index contributed by atoms with van der Waals surface area (Å²) in [5.74, 6) is 0.321. The molecule has 5 nitrogen and oxygen atoms in total. The summed E-state index contributed by atoms with van der Waals surface area (Å²) in [6, 6.07) is 7.88. The van der Waals surface area contributed by atoms with Gasteiger partial charge in [0.2, 0.25) is 5.91 Å². The Balaban J connectivity index is 1.25. The third kappa shape index (κ3) is 3.49. The van der Waals surface area contributed by atoms with E-state index in [1.54, 1.807) is 0 Å². The van der Waals surface area contributed by atoms with Crippen LogP contribution in [-0.2, 0) is 4.79 Å². The van der Waals surface area contributed by atoms with Crippen LogP contribution >= 0.6 is 0 Å². The zero-order chi connectivity index (χ0) is 20.7. The number of rotatable bonds is 3. The molecule has 2 N–H and O–H groups in total. The Morgan fingerprint density at radius 2 is 1.70 bits per heavy atom. The van der Waals surface area contributed by atoms with Gasteiger partial charge in [-0.3, -0.25) is 9.69 Å². The second-order valence-electron chi connectivity index (χ2n) is 10.2. The predicted octanol–water partition coefficient (Wildman–Crippen LogP) is 4.41. The van der Waals surface area contributed by atoms with Crippen LogP contribution in [0.4, 0.5) is 17.1 Å². The van der Waals surface area contributed by atoms with Gasteiger partial charge < -0.3 is 15.5 Å². The predicted molar refractivity (Wildman–Crippen MR) is 124 cm³/mol. The van der Waals surface area contributed by atoms with Crippen molar-refractivity contribution in [1.29, 1.82) is 0 Å². The highest BCUT2D eigenvalue weighted by Crippen LogP contribution is 2.47. The van der Waals surface area contributed by atoms with Crippen molar-refractivity contribution in [3.8, 4) is 0 Å². The van der Waals surface area contributed by atoms with Gasteiger partial charge in [-0.1, -0.05) is 19.3 Å². The third-order valence-electron chi connectivity index (χ3n) is 8.53. The lowest BCUT2D eigenvalue weighted by Crippen LogP contribution is -2.46. The smallest absolute Gasteiger partial charge is 0.233 e. The third-order valence-corrected chi connectivity index (χ3v) is 8.53. The van der Waals surface area contributed by atoms with Gasteiger partial charge in [0.1, 0.15) is 0 Å². The summed E-state index contributed by atoms with van der Waals surface area (Å²) in [5, 5.41) is 0. The number of amides is 1. The highest BCUT2D eigenvalue weighted by molar-refractivity contribution is 6.02. The Bertz CT molecular complexity index is 779. The summed E-state index contributed by atoms with van der Waals surface area (Å²) in [5.41, 5.74) is 9.29. The van der Waals surface area contributed by atoms with Crippen molar-refractivity contribution in [2.24, 2.45) is 5.41 Å². The van der Waals surface area contributed by atoms with E-state index in [0.29, 0.717) is 5.91 Å². The molecule has 30 heavy (non-hydrogen) atoms. The highest BCUT2D eigenvalue weighted by atomic mass is 16.2. The fraction of sp³-hybridized carbons (Fsp3) is 0.720. The first-order valence-electron chi connectivity index (χ1n) is 12.3. The van der Waals surface area contributed by atoms with E-state index in [0.717, 1.165) is 62.4 Å². The molecule has 4 aliphatic rings. The average Bonchev–Trinajstić information content (AvgIpc) is 3.33. The van der Waals surface area contributed by atoms with Gasteiger partial charge in [0.15, 0.2) is 0 Å². The van der Waals surface area contributed by atoms with E-state index >= 15 is 0 Å². The fourth-order valence-corrected chi connectivity index (χ4v) is 6.68. The van der Waals surface area contributed by atoms with Crippen LogP contribution in [0.3, 0.4) is 0 Å². The van der Waals surface area contributed by atoms with Gasteiger partial charge in [0, 0.05) is 37.4 Å². The summed E-state index contributed by atoms with van der Waals surface area (Å²) in [6.07, 6.45) is 12.0. The average molecular weight is 411 g/mol. The van der Waals surface area contributed by atoms with E-state index in [-0.39, 0.29) is 5.41 Å². The van der Waals surface area contributed by atoms with E-state index in [1.807, 2.05) is 4.90 Å². The summed E-state index contributed by atoms with van der Waals surface area (Å²) in [4.78, 5) is 20.5. The molecule has 0 bridgehead atoms. The number of anilines is 3. The van der Waals surface area contributed by atoms with Gasteiger partial charge in [-0.25, -0.2) is 0 Å². The number of carbonyl (C=O) groups excluding carboxylic acids is 1. The van der Waals surface area contributed by atoms with Crippen molar-refractivity contribution in [1.82, 2.24) is 4.90 Å². The van der Waals surface area contributed by atoms with Crippen LogP contribution in [0.2, 0.25) is 0 Å². The molecule has 1 aromatic carbocycles. The van der Waals surface area contributed by atoms with E-state index in [2.05, 4.69) is 34.9 Å². The van der Waals surface area contributed by atoms with Crippen molar-refractivity contribution in [2.75, 3.05) is 41.7 Å². The molecule has 1 saturated carbocycles. The molecule has 4 fully saturated rings. The summed E-state index contributed by atoms with van der Waals surface area (Å²) >= 11 is 0. The van der Waals surface area contributed by atoms with Gasteiger partial charge in [0.05, 0.1) is 16.8 Å². The standard InChI is InChI=1S/C25H38N4O/c1-19-6-5-14-28(19)20-9-15-27(16-10-20)21-7-8-23(22(26)18-21)29-17-13-25(24(29)30)11-3-2-4-12-25/h7-8,18-20H,2-6,9-17,26H2,1H3/t19-/m0/s1. The monoisotopic (exact) mass is 410 g/mol. The Morgan fingerprint density at radius 1 is 0.933 bits per heavy atom. The molecule has 5 heteroatoms. The van der Waals surface area contributed by atoms with E-state index in [9.17, 15) is 4.79 Å². The maximum absolute atomic E-state index is 13.3. The minimum absolute atomic E-state index is 0.0993. The van der Waals surface area contributed by atoms with Crippen molar-refractivity contribution >= 4 is 23.0 Å². The Morgan fingerprint density at radius 3 is 2.37 bits per heavy atom. The first kappa shape index (κ1) is 20.2. The molecular formula is C25H38N4O. The van der Waals surface area contributed by atoms with Crippen LogP contribution in [-0.4, -0.2) is 49.1 Å². The Labute approximate surface area is 181 Å². The maximum atomic E-state index is 13.3. The molecule has 0 unspecified atom stereocenters. The molecule has 0 aromatic heterocycles. The van der Waals surface area contributed by atoms with E-state index < -0.39 is 0 Å². The molecular weight excluding hydrogens is 372 g/mol. The van der Waals surface area contributed by atoms with E-state index in [4.69, 9.17) is 5.73 Å². The van der Waals surface area contributed by atoms with Crippen LogP contribution in [0.1, 0.15) is 71.1 Å². The zero-order valence-electron chi connectivity index (χ0n) is 18.6. The number of hydrogen-bond acceptors (Lipinski definition) is 4. The molecule has 1 amide bonds. The SMILES string of the molecule is C[C@H]1CCCN1C1CCN(c2ccc(N3CCC4(CCCCC4)C3=O)c(N)c2)CC1. The number of nitrogens with zero attached hydrogens (tertiary/aromatic N) is 3. The molecule has 5 rings (SSSR count). The van der Waals surface area contributed by atoms with E-state index in [1.165, 1.54) is 57.2 Å². The minimum atomic E-state index is -0.0993. The largest absolute Gasteiger partial charge is 0.397 e. The van der Waals surface area contributed by atoms with Crippen molar-refractivity contribution in [3.05, 3.63) is 18.2 Å². The number of benzene rings is 1. The number of piperidine rings is 1. The molecule has 1 aliphatic carbocycles. The summed E-state index contributed by atoms with van der Waals surface area (Å²) < 4.78 is 0. The first-order valence-corrected chi connectivity index (χ1v) is 12.3. The van der Waals surface area contributed by atoms with Gasteiger partial charge in [-0.05, 0) is 76.6 Å². The number of carbonyl (C=O) groups is 1. The van der Waals surface area contributed by atoms with Gasteiger partial charge in [0.25, 0.3) is 0 Å². The highest BCUT2D eigenvalue weighted by Gasteiger charge is 2.47. The molecule has 164 valence electrons. The fourth-order valence-electron chi connectivity index (χ4n) is 6.68. The van der Waals surface area contributed by atoms with Crippen LogP contribution < -0.4 is 15.5 Å². The minimum Gasteiger partial charge on any atom is -0.397 e. The lowest BCUT2D eigenvalue weighted by molar-refractivity contribution is -0.127. The van der Waals surface area contributed by atoms with Gasteiger partial charge in [-0.15, -0.1) is 0 Å². The van der Waals surface area contributed by atoms with Crippen LogP contribution in [0.15, 0.2) is 18.2 Å². The summed E-state index contributed by atoms with van der Waals surface area (Å²) in [6.45, 7) is 6.67. The number of nitrogen functional groups attached to an aromatic ring is 1. The molecule has 1 spiro atoms. The molecule has 3 aliphatic heterocycles. The van der Waals surface area contributed by atoms with Crippen LogP contribution in [0, 0.1) is 5.41 Å². The summed E-state index contributed by atoms with van der Waals surface area (Å²) in [7, 11) is 0. The Hall–Kier alpha value is -1.75. The van der Waals surface area contributed by atoms with Gasteiger partial charge in [-0.2, -0.15) is 0 Å². The van der Waals surface area contributed by atoms with Crippen molar-refractivity contribution in [2.45, 2.75) is 83.2 Å². The number of nitrogens with two attached hydrogens (primary N) is 1. The molecule has 1 atom stereocenters. The zero-order valence-corrected chi connectivity index (χ0v) is 18.6. The number of hydrogen-bond donors (Lipinski definition) is 1. The normalized spacial score (nSPS) is 28.0. The second-order valence-corrected chi connectivity index (χ2v) is 10.2. The topological polar surface area (TPSA) is 52.8 Å². The maximum Gasteiger partial charge on any atom is 0.233 e. The van der Waals surface area contributed by atoms with Crippen LogP contribution in [0.5, 0.6) is 0 Å². The van der Waals surface area contributed by atoms with Gasteiger partial charge >= 0.3 is 0 Å². The lowest BCUT2D eigenvalue weighted by atomic mass is 9.73. The molecule has 0 radical (unpaired) electrons. The Kier molecular flexibility index (Phi) is 5.42. The second kappa shape index (κ2) is 8.07. The molecule has 3 heterocycles. The first-order chi connectivity index (χ1) is 14.6. The lowest BCUT2D eigenvalue weighted by Gasteiger charge is -2.39. The number of likely N-dealkylation sites (tertiary alicyclic amines) is 1.